The molecule has 0 saturated heterocycles. The fourth-order valence-corrected chi connectivity index (χ4v) is 2.17. The van der Waals surface area contributed by atoms with Gasteiger partial charge in [0.2, 0.25) is 0 Å². The van der Waals surface area contributed by atoms with Crippen LogP contribution in [0.5, 0.6) is 5.75 Å². The van der Waals surface area contributed by atoms with Crippen molar-refractivity contribution in [2.24, 2.45) is 0 Å². The van der Waals surface area contributed by atoms with E-state index >= 15 is 0 Å². The predicted molar refractivity (Wildman–Crippen MR) is 89.7 cm³/mol. The summed E-state index contributed by atoms with van der Waals surface area (Å²) in [5.41, 5.74) is 2.90. The molecule has 0 aliphatic carbocycles. The van der Waals surface area contributed by atoms with Gasteiger partial charge in [-0.2, -0.15) is 0 Å². The van der Waals surface area contributed by atoms with Crippen LogP contribution >= 0.6 is 0 Å². The lowest BCUT2D eigenvalue weighted by atomic mass is 10.1. The van der Waals surface area contributed by atoms with Crippen LogP contribution in [0.4, 0.5) is 0 Å². The lowest BCUT2D eigenvalue weighted by Gasteiger charge is -2.05. The molecule has 3 rings (SSSR count). The summed E-state index contributed by atoms with van der Waals surface area (Å²) in [5, 5.41) is 18.8. The number of hydrogen-bond acceptors (Lipinski definition) is 5. The molecule has 0 saturated carbocycles. The topological polar surface area (TPSA) is 77.2 Å². The zero-order valence-corrected chi connectivity index (χ0v) is 12.8. The van der Waals surface area contributed by atoms with E-state index < -0.39 is 5.97 Å². The van der Waals surface area contributed by atoms with Crippen molar-refractivity contribution < 1.29 is 14.6 Å². The summed E-state index contributed by atoms with van der Waals surface area (Å²) < 4.78 is 4.77. The van der Waals surface area contributed by atoms with E-state index in [1.54, 1.807) is 24.3 Å². The van der Waals surface area contributed by atoms with Gasteiger partial charge in [0.15, 0.2) is 0 Å². The molecule has 1 aromatic heterocycles. The number of benzene rings is 2. The van der Waals surface area contributed by atoms with Crippen molar-refractivity contribution in [3.8, 4) is 11.4 Å². The molecule has 0 atom stereocenters. The van der Waals surface area contributed by atoms with E-state index in [0.29, 0.717) is 12.1 Å². The number of rotatable bonds is 5. The second-order valence-corrected chi connectivity index (χ2v) is 5.02. The highest BCUT2D eigenvalue weighted by Gasteiger charge is 2.09. The Kier molecular flexibility index (Phi) is 4.38. The summed E-state index contributed by atoms with van der Waals surface area (Å²) in [5.74, 6) is -0.425. The number of ether oxygens (including phenoxy) is 1. The van der Waals surface area contributed by atoms with Gasteiger partial charge in [0.05, 0.1) is 6.26 Å². The highest BCUT2D eigenvalue weighted by Crippen LogP contribution is 2.23. The summed E-state index contributed by atoms with van der Waals surface area (Å²) >= 11 is 0. The van der Waals surface area contributed by atoms with Crippen LogP contribution in [-0.2, 0) is 16.0 Å². The molecule has 0 aliphatic heterocycles. The van der Waals surface area contributed by atoms with Crippen molar-refractivity contribution in [1.82, 2.24) is 15.0 Å². The van der Waals surface area contributed by atoms with Crippen LogP contribution in [0.2, 0.25) is 0 Å². The average Bonchev–Trinajstić information content (AvgIpc) is 3.03. The summed E-state index contributed by atoms with van der Waals surface area (Å²) in [6, 6.07) is 12.6. The molecule has 0 amide bonds. The molecule has 6 heteroatoms. The number of phenols is 1. The van der Waals surface area contributed by atoms with Gasteiger partial charge in [-0.05, 0) is 42.3 Å². The third-order valence-corrected chi connectivity index (χ3v) is 3.34. The van der Waals surface area contributed by atoms with Crippen molar-refractivity contribution in [1.29, 1.82) is 0 Å². The molecule has 0 spiro atoms. The minimum atomic E-state index is -0.509. The summed E-state index contributed by atoms with van der Waals surface area (Å²) in [6.07, 6.45) is 4.64. The maximum atomic E-state index is 10.9. The molecule has 0 fully saturated rings. The molecule has 1 heterocycles. The van der Waals surface area contributed by atoms with E-state index in [0.717, 1.165) is 22.7 Å². The van der Waals surface area contributed by atoms with Crippen LogP contribution in [0.15, 0.2) is 67.5 Å². The molecule has 0 aliphatic rings. The maximum absolute atomic E-state index is 10.9. The molecular weight excluding hydrogens is 306 g/mol. The first-order chi connectivity index (χ1) is 11.7. The van der Waals surface area contributed by atoms with Crippen LogP contribution in [0.1, 0.15) is 5.56 Å². The van der Waals surface area contributed by atoms with Gasteiger partial charge in [-0.3, -0.25) is 0 Å². The van der Waals surface area contributed by atoms with Gasteiger partial charge in [-0.1, -0.05) is 24.8 Å². The Morgan fingerprint density at radius 1 is 1.21 bits per heavy atom. The largest absolute Gasteiger partial charge is 0.506 e. The van der Waals surface area contributed by atoms with E-state index in [1.165, 1.54) is 11.1 Å². The van der Waals surface area contributed by atoms with Crippen LogP contribution < -0.4 is 0 Å². The number of nitrogens with zero attached hydrogens (tertiary/aromatic N) is 3. The minimum absolute atomic E-state index is 0.0844. The predicted octanol–water partition coefficient (Wildman–Crippen LogP) is 2.91. The summed E-state index contributed by atoms with van der Waals surface area (Å²) in [6.45, 7) is 3.32. The third-order valence-electron chi connectivity index (χ3n) is 3.34. The Morgan fingerprint density at radius 3 is 2.58 bits per heavy atom. The fourth-order valence-electron chi connectivity index (χ4n) is 2.17. The standard InChI is InChI=1S/C18H15N3O3/c1-2-18(23)24-11-5-6-13-9-10-17(22)16(12-13)21-19-14-7-3-4-8-15(14)20-21/h2-5,7-12,22H,1,6H2. The number of hydrogen-bond donors (Lipinski definition) is 1. The first-order valence-corrected chi connectivity index (χ1v) is 7.30. The maximum Gasteiger partial charge on any atom is 0.334 e. The zero-order chi connectivity index (χ0) is 16.9. The molecule has 0 radical (unpaired) electrons. The van der Waals surface area contributed by atoms with Crippen molar-refractivity contribution in [2.45, 2.75) is 6.42 Å². The second kappa shape index (κ2) is 6.78. The molecule has 120 valence electrons. The lowest BCUT2D eigenvalue weighted by Crippen LogP contribution is -2.00. The molecule has 0 unspecified atom stereocenters. The molecule has 0 bridgehead atoms. The van der Waals surface area contributed by atoms with Gasteiger partial charge >= 0.3 is 5.97 Å². The second-order valence-electron chi connectivity index (χ2n) is 5.02. The number of carbonyl (C=O) groups is 1. The van der Waals surface area contributed by atoms with Crippen LogP contribution in [0, 0.1) is 0 Å². The Labute approximate surface area is 138 Å². The van der Waals surface area contributed by atoms with Crippen molar-refractivity contribution in [2.75, 3.05) is 0 Å². The summed E-state index contributed by atoms with van der Waals surface area (Å²) in [7, 11) is 0. The zero-order valence-electron chi connectivity index (χ0n) is 12.8. The first kappa shape index (κ1) is 15.5. The monoisotopic (exact) mass is 321 g/mol. The van der Waals surface area contributed by atoms with Gasteiger partial charge in [-0.25, -0.2) is 4.79 Å². The number of aromatic nitrogens is 3. The van der Waals surface area contributed by atoms with Gasteiger partial charge in [0.1, 0.15) is 22.5 Å². The highest BCUT2D eigenvalue weighted by molar-refractivity contribution is 5.81. The van der Waals surface area contributed by atoms with E-state index in [4.69, 9.17) is 4.74 Å². The Bertz CT molecular complexity index is 895. The SMILES string of the molecule is C=CC(=O)OC=CCc1ccc(O)c(-n2nc3ccccc3n2)c1. The smallest absolute Gasteiger partial charge is 0.334 e. The van der Waals surface area contributed by atoms with Gasteiger partial charge in [0.25, 0.3) is 0 Å². The van der Waals surface area contributed by atoms with Gasteiger partial charge in [-0.15, -0.1) is 15.0 Å². The van der Waals surface area contributed by atoms with E-state index in [9.17, 15) is 9.90 Å². The minimum Gasteiger partial charge on any atom is -0.506 e. The van der Waals surface area contributed by atoms with Crippen molar-refractivity contribution in [3.63, 3.8) is 0 Å². The van der Waals surface area contributed by atoms with Crippen molar-refractivity contribution in [3.05, 3.63) is 73.0 Å². The van der Waals surface area contributed by atoms with Crippen LogP contribution in [-0.4, -0.2) is 26.1 Å². The number of aromatic hydroxyl groups is 1. The number of esters is 1. The van der Waals surface area contributed by atoms with Crippen molar-refractivity contribution >= 4 is 17.0 Å². The number of phenolic OH excluding ortho intramolecular Hbond substituents is 1. The molecule has 3 aromatic rings. The van der Waals surface area contributed by atoms with E-state index in [2.05, 4.69) is 16.8 Å². The van der Waals surface area contributed by atoms with E-state index in [1.807, 2.05) is 24.3 Å². The molecule has 1 N–H and O–H groups in total. The fraction of sp³-hybridized carbons (Fsp3) is 0.0556. The van der Waals surface area contributed by atoms with Gasteiger partial charge < -0.3 is 9.84 Å². The third kappa shape index (κ3) is 3.33. The highest BCUT2D eigenvalue weighted by atomic mass is 16.5. The normalized spacial score (nSPS) is 11.0. The Morgan fingerprint density at radius 2 is 1.92 bits per heavy atom. The summed E-state index contributed by atoms with van der Waals surface area (Å²) in [4.78, 5) is 12.4. The Balaban J connectivity index is 1.83. The Hall–Kier alpha value is -3.41. The number of fused-ring (bicyclic) bond motifs is 1. The molecule has 2 aromatic carbocycles. The van der Waals surface area contributed by atoms with Crippen LogP contribution in [0.25, 0.3) is 16.7 Å². The lowest BCUT2D eigenvalue weighted by molar-refractivity contribution is -0.132. The first-order valence-electron chi connectivity index (χ1n) is 7.30. The van der Waals surface area contributed by atoms with Crippen LogP contribution in [0.3, 0.4) is 0 Å². The van der Waals surface area contributed by atoms with Gasteiger partial charge in [0, 0.05) is 6.08 Å². The number of allylic oxidation sites excluding steroid dienone is 1. The number of carbonyl (C=O) groups excluding carboxylic acids is 1. The molecule has 24 heavy (non-hydrogen) atoms. The van der Waals surface area contributed by atoms with E-state index in [-0.39, 0.29) is 5.75 Å². The molecular formula is C18H15N3O3. The quantitative estimate of drug-likeness (QED) is 0.444. The molecule has 6 nitrogen and oxygen atoms in total. The average molecular weight is 321 g/mol.